The van der Waals surface area contributed by atoms with Crippen LogP contribution in [0.15, 0.2) is 52.4 Å². The Labute approximate surface area is 213 Å². The van der Waals surface area contributed by atoms with E-state index in [1.54, 1.807) is 18.2 Å². The van der Waals surface area contributed by atoms with Gasteiger partial charge in [0.2, 0.25) is 0 Å². The quantitative estimate of drug-likeness (QED) is 0.438. The van der Waals surface area contributed by atoms with Crippen molar-refractivity contribution in [3.63, 3.8) is 0 Å². The molecule has 1 N–H and O–H groups in total. The predicted molar refractivity (Wildman–Crippen MR) is 140 cm³/mol. The number of benzene rings is 2. The largest absolute Gasteiger partial charge is 0.449 e. The smallest absolute Gasteiger partial charge is 0.421 e. The van der Waals surface area contributed by atoms with Crippen LogP contribution in [0, 0.1) is 6.92 Å². The van der Waals surface area contributed by atoms with E-state index in [-0.39, 0.29) is 17.4 Å². The van der Waals surface area contributed by atoms with E-state index in [4.69, 9.17) is 4.74 Å². The highest BCUT2D eigenvalue weighted by atomic mass is 32.2. The molecule has 0 aromatic heterocycles. The Morgan fingerprint density at radius 2 is 1.83 bits per heavy atom. The van der Waals surface area contributed by atoms with Gasteiger partial charge in [-0.3, -0.25) is 4.79 Å². The molecule has 0 saturated heterocycles. The summed E-state index contributed by atoms with van der Waals surface area (Å²) in [7, 11) is -4.14. The molecule has 2 aromatic rings. The fraction of sp³-hybridized carbons (Fsp3) is 0.444. The number of carbonyl (C=O) groups excluding carboxylic acids is 2. The molecule has 0 atom stereocenters. The summed E-state index contributed by atoms with van der Waals surface area (Å²) in [6.45, 7) is 10.4. The molecule has 0 saturated carbocycles. The summed E-state index contributed by atoms with van der Waals surface area (Å²) < 4.78 is 32.9. The molecule has 1 aliphatic rings. The van der Waals surface area contributed by atoms with Crippen LogP contribution in [-0.2, 0) is 26.1 Å². The summed E-state index contributed by atoms with van der Waals surface area (Å²) in [5.74, 6) is 0.657. The minimum Gasteiger partial charge on any atom is -0.449 e. The summed E-state index contributed by atoms with van der Waals surface area (Å²) in [6, 6.07) is 12.3. The third-order valence-electron chi connectivity index (χ3n) is 6.32. The average Bonchev–Trinajstić information content (AvgIpc) is 3.03. The third-order valence-corrected chi connectivity index (χ3v) is 7.69. The van der Waals surface area contributed by atoms with Crippen molar-refractivity contribution < 1.29 is 22.7 Å². The summed E-state index contributed by atoms with van der Waals surface area (Å²) in [5.41, 5.74) is 2.44. The molecule has 1 aliphatic heterocycles. The van der Waals surface area contributed by atoms with Gasteiger partial charge in [-0.1, -0.05) is 56.7 Å². The molecule has 8 nitrogen and oxygen atoms in total. The van der Waals surface area contributed by atoms with Gasteiger partial charge in [-0.15, -0.1) is 0 Å². The number of aryl methyl sites for hydroxylation is 1. The van der Waals surface area contributed by atoms with Crippen molar-refractivity contribution in [1.29, 1.82) is 0 Å². The molecule has 3 rings (SSSR count). The first kappa shape index (κ1) is 27.4. The van der Waals surface area contributed by atoms with Crippen LogP contribution in [0.4, 0.5) is 4.79 Å². The number of hydrogen-bond donors (Lipinski definition) is 1. The Kier molecular flexibility index (Phi) is 8.55. The second kappa shape index (κ2) is 11.2. The van der Waals surface area contributed by atoms with Crippen LogP contribution in [0.2, 0.25) is 0 Å². The van der Waals surface area contributed by atoms with E-state index in [1.807, 2.05) is 55.5 Å². The zero-order chi connectivity index (χ0) is 26.5. The monoisotopic (exact) mass is 513 g/mol. The van der Waals surface area contributed by atoms with Gasteiger partial charge in [0, 0.05) is 18.5 Å². The number of hydrogen-bond acceptors (Lipinski definition) is 6. The molecular weight excluding hydrogens is 478 g/mol. The Morgan fingerprint density at radius 3 is 2.50 bits per heavy atom. The van der Waals surface area contributed by atoms with Crippen LogP contribution in [-0.4, -0.2) is 43.3 Å². The number of carbonyl (C=O) groups is 2. The molecule has 0 unspecified atom stereocenters. The lowest BCUT2D eigenvalue weighted by Crippen LogP contribution is -2.46. The van der Waals surface area contributed by atoms with E-state index in [0.717, 1.165) is 36.2 Å². The highest BCUT2D eigenvalue weighted by Crippen LogP contribution is 2.32. The van der Waals surface area contributed by atoms with Crippen LogP contribution in [0.1, 0.15) is 64.5 Å². The van der Waals surface area contributed by atoms with Gasteiger partial charge in [-0.25, -0.2) is 17.9 Å². The van der Waals surface area contributed by atoms with Crippen LogP contribution in [0.5, 0.6) is 0 Å². The number of rotatable bonds is 10. The molecule has 2 amide bonds. The number of amides is 2. The standard InChI is InChI=1S/C27H35N3O5S/c1-6-8-16-35-26(32)29-36(33,34)23-13-10-9-12-22(23)20-14-15-21(19(3)17-20)18-30-24(11-7-2)28-25(31)27(30,4)5/h9-10,12-15,17H,6-8,11,16,18H2,1-5H3,(H,29,32). The van der Waals surface area contributed by atoms with E-state index in [9.17, 15) is 18.0 Å². The van der Waals surface area contributed by atoms with Crippen LogP contribution >= 0.6 is 0 Å². The molecule has 2 aromatic carbocycles. The van der Waals surface area contributed by atoms with Gasteiger partial charge in [0.1, 0.15) is 11.4 Å². The van der Waals surface area contributed by atoms with Crippen molar-refractivity contribution in [2.75, 3.05) is 6.61 Å². The second-order valence-corrected chi connectivity index (χ2v) is 11.1. The second-order valence-electron chi connectivity index (χ2n) is 9.46. The molecule has 0 radical (unpaired) electrons. The first-order valence-corrected chi connectivity index (χ1v) is 13.8. The van der Waals surface area contributed by atoms with Crippen molar-refractivity contribution in [2.24, 2.45) is 4.99 Å². The fourth-order valence-electron chi connectivity index (χ4n) is 4.11. The summed E-state index contributed by atoms with van der Waals surface area (Å²) >= 11 is 0. The van der Waals surface area contributed by atoms with Gasteiger partial charge < -0.3 is 9.64 Å². The summed E-state index contributed by atoms with van der Waals surface area (Å²) in [6.07, 6.45) is 2.12. The molecular formula is C27H35N3O5S. The lowest BCUT2D eigenvalue weighted by atomic mass is 9.97. The molecule has 194 valence electrons. The van der Waals surface area contributed by atoms with E-state index in [1.165, 1.54) is 6.07 Å². The minimum atomic E-state index is -4.14. The predicted octanol–water partition coefficient (Wildman–Crippen LogP) is 5.20. The average molecular weight is 514 g/mol. The number of nitrogens with one attached hydrogen (secondary N) is 1. The van der Waals surface area contributed by atoms with E-state index in [0.29, 0.717) is 24.1 Å². The van der Waals surface area contributed by atoms with Gasteiger partial charge in [0.25, 0.3) is 15.9 Å². The first-order chi connectivity index (χ1) is 17.0. The highest BCUT2D eigenvalue weighted by Gasteiger charge is 2.41. The zero-order valence-electron chi connectivity index (χ0n) is 21.6. The van der Waals surface area contributed by atoms with Crippen molar-refractivity contribution in [1.82, 2.24) is 9.62 Å². The molecule has 0 fully saturated rings. The Morgan fingerprint density at radius 1 is 1.11 bits per heavy atom. The van der Waals surface area contributed by atoms with E-state index >= 15 is 0 Å². The normalized spacial score (nSPS) is 15.1. The van der Waals surface area contributed by atoms with Gasteiger partial charge in [0.15, 0.2) is 0 Å². The molecule has 0 bridgehead atoms. The Hall–Kier alpha value is -3.20. The van der Waals surface area contributed by atoms with Crippen LogP contribution in [0.25, 0.3) is 11.1 Å². The minimum absolute atomic E-state index is 0.00627. The Bertz CT molecular complexity index is 1270. The molecule has 9 heteroatoms. The number of aliphatic imine (C=N–C) groups is 1. The van der Waals surface area contributed by atoms with Gasteiger partial charge in [-0.05, 0) is 56.4 Å². The van der Waals surface area contributed by atoms with Crippen molar-refractivity contribution in [3.8, 4) is 11.1 Å². The molecule has 0 aliphatic carbocycles. The van der Waals surface area contributed by atoms with Gasteiger partial charge >= 0.3 is 6.09 Å². The number of sulfonamides is 1. The summed E-state index contributed by atoms with van der Waals surface area (Å²) in [5, 5.41) is 0. The van der Waals surface area contributed by atoms with E-state index < -0.39 is 21.7 Å². The van der Waals surface area contributed by atoms with Crippen molar-refractivity contribution in [2.45, 2.75) is 77.3 Å². The van der Waals surface area contributed by atoms with Crippen molar-refractivity contribution >= 4 is 27.9 Å². The van der Waals surface area contributed by atoms with Crippen LogP contribution in [0.3, 0.4) is 0 Å². The highest BCUT2D eigenvalue weighted by molar-refractivity contribution is 7.90. The SMILES string of the molecule is CCCCOC(=O)NS(=O)(=O)c1ccccc1-c1ccc(CN2C(CCC)=NC(=O)C2(C)C)c(C)c1. The lowest BCUT2D eigenvalue weighted by molar-refractivity contribution is -0.124. The van der Waals surface area contributed by atoms with Gasteiger partial charge in [0.05, 0.1) is 11.5 Å². The van der Waals surface area contributed by atoms with Crippen molar-refractivity contribution in [3.05, 3.63) is 53.6 Å². The molecule has 36 heavy (non-hydrogen) atoms. The van der Waals surface area contributed by atoms with Gasteiger partial charge in [-0.2, -0.15) is 4.99 Å². The third kappa shape index (κ3) is 5.95. The topological polar surface area (TPSA) is 105 Å². The summed E-state index contributed by atoms with van der Waals surface area (Å²) in [4.78, 5) is 30.8. The number of amidine groups is 1. The maximum atomic E-state index is 13.0. The Balaban J connectivity index is 1.87. The maximum Gasteiger partial charge on any atom is 0.421 e. The lowest BCUT2D eigenvalue weighted by Gasteiger charge is -2.33. The molecule has 1 heterocycles. The van der Waals surface area contributed by atoms with Crippen LogP contribution < -0.4 is 4.72 Å². The molecule has 0 spiro atoms. The zero-order valence-corrected chi connectivity index (χ0v) is 22.4. The first-order valence-electron chi connectivity index (χ1n) is 12.3. The maximum absolute atomic E-state index is 13.0. The fourth-order valence-corrected chi connectivity index (χ4v) is 5.23. The van der Waals surface area contributed by atoms with E-state index in [2.05, 4.69) is 11.9 Å². The number of nitrogens with zero attached hydrogens (tertiary/aromatic N) is 2. The number of unbranched alkanes of at least 4 members (excludes halogenated alkanes) is 1. The number of ether oxygens (including phenoxy) is 1.